The molecule has 1 aliphatic rings. The number of aryl methyl sites for hydroxylation is 2. The number of rotatable bonds is 6. The van der Waals surface area contributed by atoms with Gasteiger partial charge in [0.1, 0.15) is 23.7 Å². The summed E-state index contributed by atoms with van der Waals surface area (Å²) in [5, 5.41) is 6.02. The van der Waals surface area contributed by atoms with Crippen LogP contribution in [0.1, 0.15) is 26.7 Å². The molecule has 0 spiro atoms. The lowest BCUT2D eigenvalue weighted by Crippen LogP contribution is -2.69. The number of amides is 2. The normalized spacial score (nSPS) is 15.0. The molecule has 2 aromatic heterocycles. The fourth-order valence-electron chi connectivity index (χ4n) is 3.27. The van der Waals surface area contributed by atoms with E-state index in [4.69, 9.17) is 13.9 Å². The summed E-state index contributed by atoms with van der Waals surface area (Å²) in [4.78, 5) is 30.5. The molecule has 0 unspecified atom stereocenters. The maximum Gasteiger partial charge on any atom is 0.256 e. The zero-order chi connectivity index (χ0) is 20.6. The number of carbonyl (C=O) groups is 2. The van der Waals surface area contributed by atoms with Crippen molar-refractivity contribution in [3.63, 3.8) is 0 Å². The number of ether oxygens (including phenoxy) is 2. The Morgan fingerprint density at radius 1 is 1.31 bits per heavy atom. The second-order valence-corrected chi connectivity index (χ2v) is 7.89. The smallest absolute Gasteiger partial charge is 0.256 e. The van der Waals surface area contributed by atoms with Gasteiger partial charge in [0.15, 0.2) is 5.54 Å². The van der Waals surface area contributed by atoms with E-state index in [0.717, 1.165) is 10.6 Å². The van der Waals surface area contributed by atoms with Crippen molar-refractivity contribution in [3.05, 3.63) is 45.6 Å². The third-order valence-corrected chi connectivity index (χ3v) is 5.90. The Morgan fingerprint density at radius 2 is 2.10 bits per heavy atom. The van der Waals surface area contributed by atoms with Gasteiger partial charge in [-0.1, -0.05) is 0 Å². The average molecular weight is 415 g/mol. The molecule has 2 amide bonds. The third-order valence-electron chi connectivity index (χ3n) is 4.99. The first-order chi connectivity index (χ1) is 13.9. The number of likely N-dealkylation sites (N-methyl/N-ethyl adjacent to an activating group) is 1. The zero-order valence-corrected chi connectivity index (χ0v) is 17.1. The van der Waals surface area contributed by atoms with Crippen molar-refractivity contribution in [2.45, 2.75) is 26.0 Å². The van der Waals surface area contributed by atoms with Crippen molar-refractivity contribution in [1.82, 2.24) is 15.6 Å². The number of nitrogens with one attached hydrogen (secondary N) is 2. The molecule has 0 atom stereocenters. The van der Waals surface area contributed by atoms with Gasteiger partial charge in [-0.05, 0) is 32.0 Å². The number of fused-ring (bicyclic) bond motifs is 1. The summed E-state index contributed by atoms with van der Waals surface area (Å²) in [6, 6.07) is 5.35. The number of hydrogen-bond acceptors (Lipinski definition) is 7. The zero-order valence-electron chi connectivity index (χ0n) is 16.3. The van der Waals surface area contributed by atoms with Gasteiger partial charge >= 0.3 is 0 Å². The molecule has 9 heteroatoms. The van der Waals surface area contributed by atoms with Crippen LogP contribution in [0.25, 0.3) is 11.0 Å². The maximum absolute atomic E-state index is 13.0. The van der Waals surface area contributed by atoms with Gasteiger partial charge in [0.25, 0.3) is 5.91 Å². The van der Waals surface area contributed by atoms with Crippen molar-refractivity contribution >= 4 is 34.1 Å². The fraction of sp³-hybridized carbons (Fsp3) is 0.350. The van der Waals surface area contributed by atoms with E-state index in [0.29, 0.717) is 34.6 Å². The summed E-state index contributed by atoms with van der Waals surface area (Å²) >= 11 is 1.54. The predicted octanol–water partition coefficient (Wildman–Crippen LogP) is 2.33. The van der Waals surface area contributed by atoms with Crippen LogP contribution >= 0.6 is 11.3 Å². The van der Waals surface area contributed by atoms with Crippen LogP contribution in [-0.2, 0) is 16.1 Å². The highest BCUT2D eigenvalue weighted by Gasteiger charge is 2.47. The predicted molar refractivity (Wildman–Crippen MR) is 107 cm³/mol. The highest BCUT2D eigenvalue weighted by molar-refractivity contribution is 7.09. The minimum atomic E-state index is -1.06. The number of nitrogens with zero attached hydrogens (tertiary/aromatic N) is 1. The average Bonchev–Trinajstić information content (AvgIpc) is 3.23. The van der Waals surface area contributed by atoms with Crippen molar-refractivity contribution < 1.29 is 23.5 Å². The first-order valence-electron chi connectivity index (χ1n) is 9.11. The van der Waals surface area contributed by atoms with Gasteiger partial charge in [-0.15, -0.1) is 11.3 Å². The molecule has 1 fully saturated rings. The maximum atomic E-state index is 13.0. The summed E-state index contributed by atoms with van der Waals surface area (Å²) in [7, 11) is 1.53. The van der Waals surface area contributed by atoms with E-state index in [-0.39, 0.29) is 25.0 Å². The van der Waals surface area contributed by atoms with E-state index in [1.165, 1.54) is 18.4 Å². The van der Waals surface area contributed by atoms with Gasteiger partial charge in [0.2, 0.25) is 5.91 Å². The van der Waals surface area contributed by atoms with Crippen LogP contribution in [-0.4, -0.2) is 42.6 Å². The quantitative estimate of drug-likeness (QED) is 0.641. The molecule has 1 aliphatic heterocycles. The van der Waals surface area contributed by atoms with Gasteiger partial charge in [0, 0.05) is 12.4 Å². The fourth-order valence-corrected chi connectivity index (χ4v) is 3.96. The minimum absolute atomic E-state index is 0.135. The van der Waals surface area contributed by atoms with E-state index < -0.39 is 5.54 Å². The van der Waals surface area contributed by atoms with Gasteiger partial charge in [-0.2, -0.15) is 0 Å². The van der Waals surface area contributed by atoms with Gasteiger partial charge in [-0.3, -0.25) is 9.59 Å². The van der Waals surface area contributed by atoms with Gasteiger partial charge in [0.05, 0.1) is 34.9 Å². The van der Waals surface area contributed by atoms with Crippen molar-refractivity contribution in [2.24, 2.45) is 0 Å². The summed E-state index contributed by atoms with van der Waals surface area (Å²) < 4.78 is 16.8. The second-order valence-electron chi connectivity index (χ2n) is 6.95. The van der Waals surface area contributed by atoms with E-state index in [1.54, 1.807) is 30.6 Å². The monoisotopic (exact) mass is 415 g/mol. The minimum Gasteiger partial charge on any atom is -0.488 e. The largest absolute Gasteiger partial charge is 0.488 e. The van der Waals surface area contributed by atoms with Crippen LogP contribution in [0.3, 0.4) is 0 Å². The van der Waals surface area contributed by atoms with Crippen LogP contribution in [0.2, 0.25) is 0 Å². The van der Waals surface area contributed by atoms with Crippen LogP contribution < -0.4 is 15.4 Å². The molecule has 1 saturated heterocycles. The molecule has 0 bridgehead atoms. The molecular weight excluding hydrogens is 394 g/mol. The van der Waals surface area contributed by atoms with Gasteiger partial charge in [-0.25, -0.2) is 4.98 Å². The topological polar surface area (TPSA) is 103 Å². The molecule has 29 heavy (non-hydrogen) atoms. The second kappa shape index (κ2) is 7.49. The summed E-state index contributed by atoms with van der Waals surface area (Å²) in [5.74, 6) is 0.420. The Labute approximate surface area is 171 Å². The standard InChI is InChI=1S/C20H21N3O5S/c1-11-16(29-10-22-11)7-27-13-4-5-15-14(6-13)17(12(2)28-15)18(24)23-20(8-26-9-20)19(25)21-3/h4-6,10H,7-9H2,1-3H3,(H,21,25)(H,23,24). The lowest BCUT2D eigenvalue weighted by molar-refractivity contribution is -0.146. The lowest BCUT2D eigenvalue weighted by Gasteiger charge is -2.39. The molecule has 8 nitrogen and oxygen atoms in total. The Bertz CT molecular complexity index is 1080. The summed E-state index contributed by atoms with van der Waals surface area (Å²) in [6.45, 7) is 4.33. The first-order valence-corrected chi connectivity index (χ1v) is 9.99. The molecule has 3 heterocycles. The van der Waals surface area contributed by atoms with E-state index in [9.17, 15) is 9.59 Å². The molecule has 1 aromatic carbocycles. The van der Waals surface area contributed by atoms with Gasteiger partial charge < -0.3 is 24.5 Å². The van der Waals surface area contributed by atoms with Crippen LogP contribution in [0, 0.1) is 13.8 Å². The third kappa shape index (κ3) is 3.47. The van der Waals surface area contributed by atoms with E-state index in [1.807, 2.05) is 6.92 Å². The molecule has 2 N–H and O–H groups in total. The Balaban J connectivity index is 1.60. The molecule has 3 aromatic rings. The highest BCUT2D eigenvalue weighted by Crippen LogP contribution is 2.30. The number of aromatic nitrogens is 1. The van der Waals surface area contributed by atoms with E-state index in [2.05, 4.69) is 15.6 Å². The number of thiazole rings is 1. The summed E-state index contributed by atoms with van der Waals surface area (Å²) in [5.41, 5.74) is 2.63. The molecule has 0 aliphatic carbocycles. The molecule has 4 rings (SSSR count). The SMILES string of the molecule is CNC(=O)C1(NC(=O)c2c(C)oc3ccc(OCc4scnc4C)cc23)COC1. The Hall–Kier alpha value is -2.91. The van der Waals surface area contributed by atoms with Crippen LogP contribution in [0.15, 0.2) is 28.1 Å². The molecular formula is C20H21N3O5S. The highest BCUT2D eigenvalue weighted by atomic mass is 32.1. The number of carbonyl (C=O) groups excluding carboxylic acids is 2. The first kappa shape index (κ1) is 19.4. The van der Waals surface area contributed by atoms with Crippen molar-refractivity contribution in [2.75, 3.05) is 20.3 Å². The molecule has 0 saturated carbocycles. The van der Waals surface area contributed by atoms with E-state index >= 15 is 0 Å². The molecule has 152 valence electrons. The lowest BCUT2D eigenvalue weighted by atomic mass is 9.95. The number of furan rings is 1. The van der Waals surface area contributed by atoms with Crippen molar-refractivity contribution in [1.29, 1.82) is 0 Å². The van der Waals surface area contributed by atoms with Crippen molar-refractivity contribution in [3.8, 4) is 5.75 Å². The van der Waals surface area contributed by atoms with Crippen LogP contribution in [0.4, 0.5) is 0 Å². The number of benzene rings is 1. The summed E-state index contributed by atoms with van der Waals surface area (Å²) in [6.07, 6.45) is 0. The number of hydrogen-bond donors (Lipinski definition) is 2. The Morgan fingerprint density at radius 3 is 2.72 bits per heavy atom. The molecule has 0 radical (unpaired) electrons. The Kier molecular flexibility index (Phi) is 5.01. The van der Waals surface area contributed by atoms with Crippen LogP contribution in [0.5, 0.6) is 5.75 Å².